The second-order valence-electron chi connectivity index (χ2n) is 3.94. The van der Waals surface area contributed by atoms with Gasteiger partial charge in [-0.05, 0) is 24.3 Å². The van der Waals surface area contributed by atoms with Crippen LogP contribution in [-0.4, -0.2) is 7.11 Å². The van der Waals surface area contributed by atoms with Crippen LogP contribution in [0.25, 0.3) is 0 Å². The number of anilines is 1. The molecule has 19 heavy (non-hydrogen) atoms. The van der Waals surface area contributed by atoms with Gasteiger partial charge in [-0.15, -0.1) is 0 Å². The van der Waals surface area contributed by atoms with Gasteiger partial charge < -0.3 is 15.2 Å². The van der Waals surface area contributed by atoms with Crippen molar-refractivity contribution in [3.63, 3.8) is 0 Å². The lowest BCUT2D eigenvalue weighted by Gasteiger charge is -2.11. The molecule has 0 bridgehead atoms. The molecule has 2 rings (SSSR count). The fourth-order valence-electron chi connectivity index (χ4n) is 1.61. The normalized spacial score (nSPS) is 10.3. The van der Waals surface area contributed by atoms with Crippen LogP contribution in [0.5, 0.6) is 11.5 Å². The van der Waals surface area contributed by atoms with Crippen molar-refractivity contribution in [2.24, 2.45) is 0 Å². The third-order valence-corrected chi connectivity index (χ3v) is 2.90. The molecule has 0 spiro atoms. The Balaban J connectivity index is 2.12. The average Bonchev–Trinajstić information content (AvgIpc) is 2.41. The van der Waals surface area contributed by atoms with Crippen molar-refractivity contribution in [2.45, 2.75) is 6.61 Å². The Morgan fingerprint density at radius 1 is 1.21 bits per heavy atom. The van der Waals surface area contributed by atoms with Crippen molar-refractivity contribution < 1.29 is 13.9 Å². The summed E-state index contributed by atoms with van der Waals surface area (Å²) in [4.78, 5) is 0. The first-order valence-electron chi connectivity index (χ1n) is 5.60. The second-order valence-corrected chi connectivity index (χ2v) is 4.34. The summed E-state index contributed by atoms with van der Waals surface area (Å²) in [6.07, 6.45) is 0. The largest absolute Gasteiger partial charge is 0.496 e. The van der Waals surface area contributed by atoms with Crippen molar-refractivity contribution in [2.75, 3.05) is 12.8 Å². The van der Waals surface area contributed by atoms with Crippen LogP contribution in [0.2, 0.25) is 5.02 Å². The van der Waals surface area contributed by atoms with E-state index in [9.17, 15) is 4.39 Å². The second kappa shape index (κ2) is 5.80. The van der Waals surface area contributed by atoms with E-state index in [1.54, 1.807) is 31.4 Å². The Bertz CT molecular complexity index is 590. The van der Waals surface area contributed by atoms with E-state index in [0.717, 1.165) is 5.56 Å². The van der Waals surface area contributed by atoms with Gasteiger partial charge in [0.05, 0.1) is 12.1 Å². The summed E-state index contributed by atoms with van der Waals surface area (Å²) < 4.78 is 23.9. The van der Waals surface area contributed by atoms with Gasteiger partial charge in [0.2, 0.25) is 0 Å². The molecule has 0 radical (unpaired) electrons. The van der Waals surface area contributed by atoms with Gasteiger partial charge in [-0.1, -0.05) is 11.6 Å². The summed E-state index contributed by atoms with van der Waals surface area (Å²) in [5.41, 5.74) is 7.10. The minimum atomic E-state index is -0.511. The molecular weight excluding hydrogens is 269 g/mol. The minimum Gasteiger partial charge on any atom is -0.496 e. The van der Waals surface area contributed by atoms with E-state index in [1.807, 2.05) is 0 Å². The van der Waals surface area contributed by atoms with Crippen LogP contribution < -0.4 is 15.2 Å². The fraction of sp³-hybridized carbons (Fsp3) is 0.143. The summed E-state index contributed by atoms with van der Waals surface area (Å²) in [6.45, 7) is 0.254. The first-order chi connectivity index (χ1) is 9.10. The smallest absolute Gasteiger partial charge is 0.145 e. The van der Waals surface area contributed by atoms with Gasteiger partial charge in [-0.25, -0.2) is 4.39 Å². The van der Waals surface area contributed by atoms with Gasteiger partial charge in [0.15, 0.2) is 0 Å². The Kier molecular flexibility index (Phi) is 4.12. The molecule has 3 nitrogen and oxygen atoms in total. The number of nitrogen functional groups attached to an aromatic ring is 1. The van der Waals surface area contributed by atoms with Crippen molar-refractivity contribution in [1.82, 2.24) is 0 Å². The van der Waals surface area contributed by atoms with Crippen LogP contribution in [0.1, 0.15) is 5.56 Å². The molecular formula is C14H13ClFNO2. The highest BCUT2D eigenvalue weighted by atomic mass is 35.5. The summed E-state index contributed by atoms with van der Waals surface area (Å²) in [5, 5.41) is 0.0671. The van der Waals surface area contributed by atoms with Crippen LogP contribution in [-0.2, 0) is 6.61 Å². The van der Waals surface area contributed by atoms with Crippen LogP contribution in [0.15, 0.2) is 36.4 Å². The SMILES string of the molecule is COc1cc(N)ccc1COc1ccc(Cl)c(F)c1. The third-order valence-electron chi connectivity index (χ3n) is 2.60. The van der Waals surface area contributed by atoms with E-state index in [1.165, 1.54) is 12.1 Å². The predicted molar refractivity (Wildman–Crippen MR) is 73.1 cm³/mol. The fourth-order valence-corrected chi connectivity index (χ4v) is 1.73. The standard InChI is InChI=1S/C14H13ClFNO2/c1-18-14-6-10(17)3-2-9(14)8-19-11-4-5-12(15)13(16)7-11/h2-7H,8,17H2,1H3. The zero-order valence-corrected chi connectivity index (χ0v) is 11.1. The maximum atomic E-state index is 13.3. The lowest BCUT2D eigenvalue weighted by Crippen LogP contribution is -2.00. The zero-order valence-electron chi connectivity index (χ0n) is 10.3. The molecule has 2 N–H and O–H groups in total. The van der Waals surface area contributed by atoms with Crippen molar-refractivity contribution in [3.05, 3.63) is 52.8 Å². The first kappa shape index (κ1) is 13.5. The highest BCUT2D eigenvalue weighted by Gasteiger charge is 2.06. The maximum Gasteiger partial charge on any atom is 0.145 e. The number of halogens is 2. The van der Waals surface area contributed by atoms with E-state index in [0.29, 0.717) is 17.2 Å². The highest BCUT2D eigenvalue weighted by Crippen LogP contribution is 2.25. The van der Waals surface area contributed by atoms with Gasteiger partial charge >= 0.3 is 0 Å². The van der Waals surface area contributed by atoms with E-state index in [-0.39, 0.29) is 11.6 Å². The minimum absolute atomic E-state index is 0.0671. The Morgan fingerprint density at radius 2 is 2.00 bits per heavy atom. The van der Waals surface area contributed by atoms with Crippen LogP contribution in [0.3, 0.4) is 0 Å². The van der Waals surface area contributed by atoms with Crippen LogP contribution >= 0.6 is 11.6 Å². The third kappa shape index (κ3) is 3.29. The van der Waals surface area contributed by atoms with E-state index in [4.69, 9.17) is 26.8 Å². The highest BCUT2D eigenvalue weighted by molar-refractivity contribution is 6.30. The molecule has 0 aliphatic rings. The van der Waals surface area contributed by atoms with Gasteiger partial charge in [0, 0.05) is 23.4 Å². The molecule has 0 aliphatic heterocycles. The number of hydrogen-bond acceptors (Lipinski definition) is 3. The molecule has 5 heteroatoms. The maximum absolute atomic E-state index is 13.3. The molecule has 2 aromatic rings. The zero-order chi connectivity index (χ0) is 13.8. The summed E-state index contributed by atoms with van der Waals surface area (Å²) >= 11 is 5.60. The van der Waals surface area contributed by atoms with Gasteiger partial charge in [0.25, 0.3) is 0 Å². The lowest BCUT2D eigenvalue weighted by atomic mass is 10.2. The number of hydrogen-bond donors (Lipinski definition) is 1. The van der Waals surface area contributed by atoms with E-state index < -0.39 is 5.82 Å². The topological polar surface area (TPSA) is 44.5 Å². The molecule has 2 aromatic carbocycles. The molecule has 0 heterocycles. The summed E-state index contributed by atoms with van der Waals surface area (Å²) in [6, 6.07) is 9.57. The number of methoxy groups -OCH3 is 1. The molecule has 0 aliphatic carbocycles. The molecule has 0 atom stereocenters. The van der Waals surface area contributed by atoms with Crippen LogP contribution in [0.4, 0.5) is 10.1 Å². The predicted octanol–water partition coefficient (Wildman–Crippen LogP) is 3.65. The van der Waals surface area contributed by atoms with Crippen molar-refractivity contribution in [1.29, 1.82) is 0 Å². The van der Waals surface area contributed by atoms with Gasteiger partial charge in [-0.3, -0.25) is 0 Å². The quantitative estimate of drug-likeness (QED) is 0.870. The molecule has 100 valence electrons. The molecule has 0 saturated carbocycles. The van der Waals surface area contributed by atoms with Crippen LogP contribution in [0, 0.1) is 5.82 Å². The van der Waals surface area contributed by atoms with E-state index in [2.05, 4.69) is 0 Å². The van der Waals surface area contributed by atoms with Crippen molar-refractivity contribution >= 4 is 17.3 Å². The Labute approximate surface area is 115 Å². The molecule has 0 unspecified atom stereocenters. The number of rotatable bonds is 4. The Morgan fingerprint density at radius 3 is 2.68 bits per heavy atom. The van der Waals surface area contributed by atoms with Crippen molar-refractivity contribution in [3.8, 4) is 11.5 Å². The summed E-state index contributed by atoms with van der Waals surface area (Å²) in [7, 11) is 1.56. The molecule has 0 fully saturated rings. The van der Waals surface area contributed by atoms with Gasteiger partial charge in [-0.2, -0.15) is 0 Å². The molecule has 0 saturated heterocycles. The number of nitrogens with two attached hydrogens (primary N) is 1. The lowest BCUT2D eigenvalue weighted by molar-refractivity contribution is 0.295. The van der Waals surface area contributed by atoms with E-state index >= 15 is 0 Å². The van der Waals surface area contributed by atoms with Gasteiger partial charge in [0.1, 0.15) is 23.9 Å². The monoisotopic (exact) mass is 281 g/mol. The first-order valence-corrected chi connectivity index (χ1v) is 5.98. The Hall–Kier alpha value is -1.94. The molecule has 0 amide bonds. The summed E-state index contributed by atoms with van der Waals surface area (Å²) in [5.74, 6) is 0.527. The number of benzene rings is 2. The average molecular weight is 282 g/mol. The number of ether oxygens (including phenoxy) is 2. The molecule has 0 aromatic heterocycles.